The van der Waals surface area contributed by atoms with Gasteiger partial charge < -0.3 is 9.32 Å². The van der Waals surface area contributed by atoms with Crippen molar-refractivity contribution >= 4 is 11.7 Å². The fraction of sp³-hybridized carbons (Fsp3) is 0.500. The first-order valence-electron chi connectivity index (χ1n) is 9.96. The van der Waals surface area contributed by atoms with Crippen molar-refractivity contribution in [3.8, 4) is 11.3 Å². The molecule has 2 aliphatic rings. The lowest BCUT2D eigenvalue weighted by Gasteiger charge is -2.28. The first-order valence-corrected chi connectivity index (χ1v) is 9.96. The molecule has 27 heavy (non-hydrogen) atoms. The van der Waals surface area contributed by atoms with E-state index in [-0.39, 0.29) is 17.9 Å². The van der Waals surface area contributed by atoms with Crippen molar-refractivity contribution in [1.82, 2.24) is 9.88 Å². The van der Waals surface area contributed by atoms with Gasteiger partial charge in [0.2, 0.25) is 5.91 Å². The zero-order valence-electron chi connectivity index (χ0n) is 15.8. The molecule has 0 bridgehead atoms. The summed E-state index contributed by atoms with van der Waals surface area (Å²) < 4.78 is 5.83. The zero-order valence-corrected chi connectivity index (χ0v) is 15.8. The zero-order chi connectivity index (χ0) is 18.8. The number of aromatic nitrogens is 1. The first-order chi connectivity index (χ1) is 13.1. The average molecular weight is 366 g/mol. The van der Waals surface area contributed by atoms with Gasteiger partial charge in [-0.1, -0.05) is 29.8 Å². The summed E-state index contributed by atoms with van der Waals surface area (Å²) >= 11 is 0. The summed E-state index contributed by atoms with van der Waals surface area (Å²) in [5.74, 6) is 1.84. The van der Waals surface area contributed by atoms with E-state index >= 15 is 0 Å². The van der Waals surface area contributed by atoms with Gasteiger partial charge in [-0.05, 0) is 32.6 Å². The van der Waals surface area contributed by atoms with Crippen molar-refractivity contribution in [3.63, 3.8) is 0 Å². The summed E-state index contributed by atoms with van der Waals surface area (Å²) in [6.07, 6.45) is 7.14. The number of Topliss-reactive ketones (excluding diaryl/α,β-unsaturated/α-hetero) is 1. The Labute approximate surface area is 159 Å². The molecule has 4 rings (SSSR count). The maximum absolute atomic E-state index is 12.8. The number of aryl methyl sites for hydroxylation is 2. The average Bonchev–Trinajstić information content (AvgIpc) is 3.40. The van der Waals surface area contributed by atoms with Gasteiger partial charge in [0.25, 0.3) is 0 Å². The van der Waals surface area contributed by atoms with Crippen LogP contribution in [0.25, 0.3) is 11.3 Å². The van der Waals surface area contributed by atoms with Crippen molar-refractivity contribution in [2.45, 2.75) is 57.9 Å². The van der Waals surface area contributed by atoms with Gasteiger partial charge in [0, 0.05) is 43.3 Å². The molecule has 142 valence electrons. The summed E-state index contributed by atoms with van der Waals surface area (Å²) in [7, 11) is 0. The highest BCUT2D eigenvalue weighted by Gasteiger charge is 2.39. The van der Waals surface area contributed by atoms with Crippen LogP contribution in [0.1, 0.15) is 50.0 Å². The number of hydrogen-bond acceptors (Lipinski definition) is 4. The lowest BCUT2D eigenvalue weighted by Crippen LogP contribution is -2.41. The minimum absolute atomic E-state index is 0.0614. The molecule has 2 heterocycles. The fourth-order valence-corrected chi connectivity index (χ4v) is 4.40. The van der Waals surface area contributed by atoms with Crippen LogP contribution in [0, 0.1) is 12.8 Å². The second-order valence-electron chi connectivity index (χ2n) is 7.75. The number of likely N-dealkylation sites (tertiary alicyclic amines) is 1. The lowest BCUT2D eigenvalue weighted by atomic mass is 9.95. The quantitative estimate of drug-likeness (QED) is 0.804. The van der Waals surface area contributed by atoms with E-state index in [4.69, 9.17) is 4.42 Å². The molecular weight excluding hydrogens is 340 g/mol. The minimum atomic E-state index is 0.0614. The van der Waals surface area contributed by atoms with Crippen molar-refractivity contribution in [3.05, 3.63) is 41.9 Å². The lowest BCUT2D eigenvalue weighted by molar-refractivity contribution is -0.134. The van der Waals surface area contributed by atoms with Gasteiger partial charge in [-0.2, -0.15) is 0 Å². The van der Waals surface area contributed by atoms with Crippen LogP contribution >= 0.6 is 0 Å². The SMILES string of the molecule is Cc1ccc(-c2cnc(CCC(=O)N3CCC[C@@H]3[C@@H]3CCCC3=O)o2)cc1. The Morgan fingerprint density at radius 2 is 2.04 bits per heavy atom. The molecule has 0 N–H and O–H groups in total. The number of oxazole rings is 1. The third kappa shape index (κ3) is 3.82. The van der Waals surface area contributed by atoms with E-state index < -0.39 is 0 Å². The van der Waals surface area contributed by atoms with E-state index in [2.05, 4.69) is 4.98 Å². The van der Waals surface area contributed by atoms with Crippen LogP contribution in [0.2, 0.25) is 0 Å². The molecule has 1 saturated carbocycles. The van der Waals surface area contributed by atoms with E-state index in [1.54, 1.807) is 6.20 Å². The van der Waals surface area contributed by atoms with Crippen LogP contribution in [-0.2, 0) is 16.0 Å². The van der Waals surface area contributed by atoms with Crippen LogP contribution in [-0.4, -0.2) is 34.2 Å². The van der Waals surface area contributed by atoms with Crippen LogP contribution < -0.4 is 0 Å². The maximum Gasteiger partial charge on any atom is 0.223 e. The van der Waals surface area contributed by atoms with Gasteiger partial charge >= 0.3 is 0 Å². The van der Waals surface area contributed by atoms with Gasteiger partial charge in [0.05, 0.1) is 6.20 Å². The molecule has 0 unspecified atom stereocenters. The molecule has 5 heteroatoms. The molecule has 1 saturated heterocycles. The number of hydrogen-bond donors (Lipinski definition) is 0. The van der Waals surface area contributed by atoms with Gasteiger partial charge in [-0.15, -0.1) is 0 Å². The van der Waals surface area contributed by atoms with Gasteiger partial charge in [0.15, 0.2) is 11.7 Å². The molecule has 1 amide bonds. The summed E-state index contributed by atoms with van der Waals surface area (Å²) in [6, 6.07) is 8.22. The highest BCUT2D eigenvalue weighted by molar-refractivity contribution is 5.85. The first kappa shape index (κ1) is 18.0. The van der Waals surface area contributed by atoms with Gasteiger partial charge in [0.1, 0.15) is 5.78 Å². The Hall–Kier alpha value is -2.43. The third-order valence-corrected chi connectivity index (χ3v) is 5.88. The van der Waals surface area contributed by atoms with E-state index in [1.165, 1.54) is 5.56 Å². The number of carbonyl (C=O) groups excluding carboxylic acids is 2. The number of benzene rings is 1. The van der Waals surface area contributed by atoms with E-state index in [0.717, 1.165) is 43.6 Å². The Kier molecular flexibility index (Phi) is 5.10. The van der Waals surface area contributed by atoms with Crippen LogP contribution in [0.4, 0.5) is 0 Å². The molecular formula is C22H26N2O3. The number of nitrogens with zero attached hydrogens (tertiary/aromatic N) is 2. The van der Waals surface area contributed by atoms with Crippen LogP contribution in [0.5, 0.6) is 0 Å². The number of ketones is 1. The van der Waals surface area contributed by atoms with Crippen molar-refractivity contribution in [1.29, 1.82) is 0 Å². The minimum Gasteiger partial charge on any atom is -0.441 e. The Bertz CT molecular complexity index is 824. The molecule has 2 fully saturated rings. The standard InChI is InChI=1S/C22H26N2O3/c1-15-7-9-16(10-8-15)20-14-23-21(27-20)11-12-22(26)24-13-3-5-18(24)17-4-2-6-19(17)25/h7-10,14,17-18H,2-6,11-13H2,1H3/t17-,18+/m0/s1. The van der Waals surface area contributed by atoms with E-state index in [1.807, 2.05) is 36.1 Å². The highest BCUT2D eigenvalue weighted by Crippen LogP contribution is 2.33. The summed E-state index contributed by atoms with van der Waals surface area (Å²) in [5, 5.41) is 0. The largest absolute Gasteiger partial charge is 0.441 e. The molecule has 1 aromatic heterocycles. The Balaban J connectivity index is 1.36. The predicted octanol–water partition coefficient (Wildman–Crippen LogP) is 3.94. The molecule has 1 aromatic carbocycles. The van der Waals surface area contributed by atoms with Crippen molar-refractivity contribution in [2.24, 2.45) is 5.92 Å². The third-order valence-electron chi connectivity index (χ3n) is 5.88. The fourth-order valence-electron chi connectivity index (χ4n) is 4.40. The second-order valence-corrected chi connectivity index (χ2v) is 7.75. The van der Waals surface area contributed by atoms with Crippen LogP contribution in [0.15, 0.2) is 34.9 Å². The number of carbonyl (C=O) groups is 2. The van der Waals surface area contributed by atoms with Crippen molar-refractivity contribution < 1.29 is 14.0 Å². The Morgan fingerprint density at radius 1 is 1.22 bits per heavy atom. The molecule has 2 aromatic rings. The molecule has 5 nitrogen and oxygen atoms in total. The van der Waals surface area contributed by atoms with E-state index in [9.17, 15) is 9.59 Å². The summed E-state index contributed by atoms with van der Waals surface area (Å²) in [5.41, 5.74) is 2.19. The summed E-state index contributed by atoms with van der Waals surface area (Å²) in [6.45, 7) is 2.82. The van der Waals surface area contributed by atoms with Crippen molar-refractivity contribution in [2.75, 3.05) is 6.54 Å². The molecule has 1 aliphatic carbocycles. The number of rotatable bonds is 5. The normalized spacial score (nSPS) is 22.6. The Morgan fingerprint density at radius 3 is 2.78 bits per heavy atom. The van der Waals surface area contributed by atoms with E-state index in [0.29, 0.717) is 30.9 Å². The number of amides is 1. The van der Waals surface area contributed by atoms with Gasteiger partial charge in [-0.3, -0.25) is 9.59 Å². The highest BCUT2D eigenvalue weighted by atomic mass is 16.4. The maximum atomic E-state index is 12.8. The monoisotopic (exact) mass is 366 g/mol. The molecule has 0 radical (unpaired) electrons. The summed E-state index contributed by atoms with van der Waals surface area (Å²) in [4.78, 5) is 31.1. The van der Waals surface area contributed by atoms with Gasteiger partial charge in [-0.25, -0.2) is 4.98 Å². The topological polar surface area (TPSA) is 63.4 Å². The smallest absolute Gasteiger partial charge is 0.223 e. The molecule has 2 atom stereocenters. The molecule has 0 spiro atoms. The van der Waals surface area contributed by atoms with Crippen LogP contribution in [0.3, 0.4) is 0 Å². The second kappa shape index (κ2) is 7.67. The molecule has 1 aliphatic heterocycles. The predicted molar refractivity (Wildman–Crippen MR) is 102 cm³/mol.